The number of aromatic nitrogens is 2. The molecule has 0 aromatic carbocycles. The van der Waals surface area contributed by atoms with E-state index >= 15 is 0 Å². The largest absolute Gasteiger partial charge is 0.355 e. The van der Waals surface area contributed by atoms with Crippen LogP contribution in [0.5, 0.6) is 0 Å². The van der Waals surface area contributed by atoms with Crippen LogP contribution in [0.3, 0.4) is 0 Å². The van der Waals surface area contributed by atoms with E-state index in [2.05, 4.69) is 22.2 Å². The first-order valence-electron chi connectivity index (χ1n) is 6.46. The molecule has 2 N–H and O–H groups in total. The Morgan fingerprint density at radius 1 is 1.47 bits per heavy atom. The van der Waals surface area contributed by atoms with Gasteiger partial charge in [0.15, 0.2) is 0 Å². The summed E-state index contributed by atoms with van der Waals surface area (Å²) in [6.07, 6.45) is 9.99. The lowest BCUT2D eigenvalue weighted by molar-refractivity contribution is -0.131. The minimum Gasteiger partial charge on any atom is -0.355 e. The number of H-pyrrole nitrogens is 1. The summed E-state index contributed by atoms with van der Waals surface area (Å²) < 4.78 is 0. The highest BCUT2D eigenvalue weighted by atomic mass is 16.2. The van der Waals surface area contributed by atoms with Gasteiger partial charge in [0.05, 0.1) is 6.33 Å². The molecule has 1 aromatic rings. The highest BCUT2D eigenvalue weighted by Gasteiger charge is 2.33. The first kappa shape index (κ1) is 12.1. The SMILES string of the molecule is CC1(C(=O)NCCc2cnc[nH]2)CCCCC1. The maximum atomic E-state index is 12.1. The first-order valence-corrected chi connectivity index (χ1v) is 6.46. The Balaban J connectivity index is 1.76. The summed E-state index contributed by atoms with van der Waals surface area (Å²) in [6, 6.07) is 0. The molecule has 1 heterocycles. The number of carbonyl (C=O) groups is 1. The predicted molar refractivity (Wildman–Crippen MR) is 66.5 cm³/mol. The van der Waals surface area contributed by atoms with Gasteiger partial charge in [0, 0.05) is 30.3 Å². The molecule has 1 amide bonds. The summed E-state index contributed by atoms with van der Waals surface area (Å²) in [4.78, 5) is 19.1. The van der Waals surface area contributed by atoms with E-state index in [1.807, 2.05) is 0 Å². The Hall–Kier alpha value is -1.32. The fourth-order valence-electron chi connectivity index (χ4n) is 2.50. The molecule has 0 saturated heterocycles. The van der Waals surface area contributed by atoms with Crippen molar-refractivity contribution in [3.8, 4) is 0 Å². The average Bonchev–Trinajstić information content (AvgIpc) is 2.83. The van der Waals surface area contributed by atoms with Crippen molar-refractivity contribution in [3.63, 3.8) is 0 Å². The maximum Gasteiger partial charge on any atom is 0.225 e. The third kappa shape index (κ3) is 3.08. The lowest BCUT2D eigenvalue weighted by atomic mass is 9.75. The van der Waals surface area contributed by atoms with Gasteiger partial charge < -0.3 is 10.3 Å². The molecule has 1 aromatic heterocycles. The Bertz CT molecular complexity index is 353. The van der Waals surface area contributed by atoms with Gasteiger partial charge in [-0.15, -0.1) is 0 Å². The van der Waals surface area contributed by atoms with Crippen LogP contribution in [0.1, 0.15) is 44.7 Å². The molecule has 0 aliphatic heterocycles. The molecule has 4 nitrogen and oxygen atoms in total. The van der Waals surface area contributed by atoms with Crippen LogP contribution in [0.15, 0.2) is 12.5 Å². The van der Waals surface area contributed by atoms with Gasteiger partial charge in [-0.1, -0.05) is 26.2 Å². The fraction of sp³-hybridized carbons (Fsp3) is 0.692. The van der Waals surface area contributed by atoms with Crippen molar-refractivity contribution in [2.24, 2.45) is 5.41 Å². The van der Waals surface area contributed by atoms with Gasteiger partial charge in [-0.25, -0.2) is 4.98 Å². The number of imidazole rings is 1. The fourth-order valence-corrected chi connectivity index (χ4v) is 2.50. The molecule has 2 rings (SSSR count). The summed E-state index contributed by atoms with van der Waals surface area (Å²) in [5.74, 6) is 0.219. The monoisotopic (exact) mass is 235 g/mol. The number of rotatable bonds is 4. The highest BCUT2D eigenvalue weighted by Crippen LogP contribution is 2.35. The van der Waals surface area contributed by atoms with Gasteiger partial charge >= 0.3 is 0 Å². The standard InChI is InChI=1S/C13H21N3O/c1-13(6-3-2-4-7-13)12(17)15-8-5-11-9-14-10-16-11/h9-10H,2-8H2,1H3,(H,14,16)(H,15,17). The van der Waals surface area contributed by atoms with E-state index in [1.54, 1.807) is 12.5 Å². The molecule has 0 spiro atoms. The van der Waals surface area contributed by atoms with Gasteiger partial charge in [0.25, 0.3) is 0 Å². The molecule has 0 unspecified atom stereocenters. The second kappa shape index (κ2) is 5.34. The summed E-state index contributed by atoms with van der Waals surface area (Å²) in [7, 11) is 0. The van der Waals surface area contributed by atoms with Gasteiger partial charge in [-0.3, -0.25) is 4.79 Å². The van der Waals surface area contributed by atoms with Crippen molar-refractivity contribution in [3.05, 3.63) is 18.2 Å². The summed E-state index contributed by atoms with van der Waals surface area (Å²) >= 11 is 0. The molecule has 4 heteroatoms. The lowest BCUT2D eigenvalue weighted by Crippen LogP contribution is -2.41. The molecule has 94 valence electrons. The van der Waals surface area contributed by atoms with Gasteiger partial charge in [0.2, 0.25) is 5.91 Å². The Kier molecular flexibility index (Phi) is 3.82. The van der Waals surface area contributed by atoms with Crippen LogP contribution in [-0.4, -0.2) is 22.4 Å². The Morgan fingerprint density at radius 3 is 2.88 bits per heavy atom. The summed E-state index contributed by atoms with van der Waals surface area (Å²) in [6.45, 7) is 2.79. The van der Waals surface area contributed by atoms with E-state index in [4.69, 9.17) is 0 Å². The van der Waals surface area contributed by atoms with E-state index < -0.39 is 0 Å². The predicted octanol–water partition coefficient (Wildman–Crippen LogP) is 2.04. The molecule has 0 radical (unpaired) electrons. The quantitative estimate of drug-likeness (QED) is 0.839. The van der Waals surface area contributed by atoms with Gasteiger partial charge in [-0.2, -0.15) is 0 Å². The van der Waals surface area contributed by atoms with Crippen molar-refractivity contribution in [2.45, 2.75) is 45.4 Å². The lowest BCUT2D eigenvalue weighted by Gasteiger charge is -2.32. The van der Waals surface area contributed by atoms with Gasteiger partial charge in [0.1, 0.15) is 0 Å². The molecule has 1 fully saturated rings. The number of aromatic amines is 1. The topological polar surface area (TPSA) is 57.8 Å². The molecule has 0 bridgehead atoms. The van der Waals surface area contributed by atoms with Crippen LogP contribution in [-0.2, 0) is 11.2 Å². The number of nitrogens with zero attached hydrogens (tertiary/aromatic N) is 1. The summed E-state index contributed by atoms with van der Waals surface area (Å²) in [5, 5.41) is 3.04. The van der Waals surface area contributed by atoms with E-state index in [1.165, 1.54) is 19.3 Å². The second-order valence-electron chi connectivity index (χ2n) is 5.20. The van der Waals surface area contributed by atoms with Crippen LogP contribution in [0, 0.1) is 5.41 Å². The van der Waals surface area contributed by atoms with E-state index in [9.17, 15) is 4.79 Å². The third-order valence-corrected chi connectivity index (χ3v) is 3.74. The molecule has 1 saturated carbocycles. The van der Waals surface area contributed by atoms with Crippen molar-refractivity contribution in [1.29, 1.82) is 0 Å². The van der Waals surface area contributed by atoms with Crippen LogP contribution in [0.2, 0.25) is 0 Å². The zero-order chi connectivity index (χ0) is 12.1. The normalized spacial score (nSPS) is 18.9. The molecular weight excluding hydrogens is 214 g/mol. The Labute approximate surface area is 102 Å². The van der Waals surface area contributed by atoms with Crippen molar-refractivity contribution in [2.75, 3.05) is 6.54 Å². The van der Waals surface area contributed by atoms with Crippen molar-refractivity contribution < 1.29 is 4.79 Å². The minimum atomic E-state index is -0.133. The molecular formula is C13H21N3O. The molecule has 1 aliphatic rings. The summed E-state index contributed by atoms with van der Waals surface area (Å²) in [5.41, 5.74) is 0.936. The number of hydrogen-bond donors (Lipinski definition) is 2. The molecule has 0 atom stereocenters. The minimum absolute atomic E-state index is 0.133. The smallest absolute Gasteiger partial charge is 0.225 e. The van der Waals surface area contributed by atoms with Crippen LogP contribution in [0.4, 0.5) is 0 Å². The number of carbonyl (C=O) groups excluding carboxylic acids is 1. The van der Waals surface area contributed by atoms with Crippen molar-refractivity contribution in [1.82, 2.24) is 15.3 Å². The average molecular weight is 235 g/mol. The van der Waals surface area contributed by atoms with Crippen molar-refractivity contribution >= 4 is 5.91 Å². The van der Waals surface area contributed by atoms with E-state index in [0.717, 1.165) is 25.0 Å². The zero-order valence-electron chi connectivity index (χ0n) is 10.5. The van der Waals surface area contributed by atoms with E-state index in [-0.39, 0.29) is 11.3 Å². The van der Waals surface area contributed by atoms with Crippen LogP contribution >= 0.6 is 0 Å². The third-order valence-electron chi connectivity index (χ3n) is 3.74. The Morgan fingerprint density at radius 2 is 2.24 bits per heavy atom. The maximum absolute atomic E-state index is 12.1. The second-order valence-corrected chi connectivity index (χ2v) is 5.20. The number of hydrogen-bond acceptors (Lipinski definition) is 2. The number of amides is 1. The highest BCUT2D eigenvalue weighted by molar-refractivity contribution is 5.82. The first-order chi connectivity index (χ1) is 8.21. The molecule has 1 aliphatic carbocycles. The molecule has 17 heavy (non-hydrogen) atoms. The van der Waals surface area contributed by atoms with Crippen LogP contribution < -0.4 is 5.32 Å². The van der Waals surface area contributed by atoms with Crippen LogP contribution in [0.25, 0.3) is 0 Å². The van der Waals surface area contributed by atoms with Gasteiger partial charge in [-0.05, 0) is 12.8 Å². The number of nitrogens with one attached hydrogen (secondary N) is 2. The van der Waals surface area contributed by atoms with E-state index in [0.29, 0.717) is 6.54 Å². The zero-order valence-corrected chi connectivity index (χ0v) is 10.5.